The molecule has 7 nitrogen and oxygen atoms in total. The summed E-state index contributed by atoms with van der Waals surface area (Å²) in [6.07, 6.45) is 1.39. The van der Waals surface area contributed by atoms with Gasteiger partial charge in [0.2, 0.25) is 0 Å². The van der Waals surface area contributed by atoms with Crippen molar-refractivity contribution < 1.29 is 18.3 Å². The summed E-state index contributed by atoms with van der Waals surface area (Å²) in [5, 5.41) is 9.62. The minimum absolute atomic E-state index is 0.110. The Morgan fingerprint density at radius 3 is 2.78 bits per heavy atom. The molecule has 1 aliphatic rings. The highest BCUT2D eigenvalue weighted by Crippen LogP contribution is 2.28. The third-order valence-corrected chi connectivity index (χ3v) is 6.08. The predicted octanol–water partition coefficient (Wildman–Crippen LogP) is -0.372. The number of nitrogens with two attached hydrogens (primary N) is 1. The molecule has 0 amide bonds. The fourth-order valence-electron chi connectivity index (χ4n) is 1.77. The summed E-state index contributed by atoms with van der Waals surface area (Å²) < 4.78 is 25.6. The highest BCUT2D eigenvalue weighted by atomic mass is 32.2. The summed E-state index contributed by atoms with van der Waals surface area (Å²) in [6, 6.07) is 0. The number of carboxylic acids is 1. The molecule has 1 aliphatic heterocycles. The van der Waals surface area contributed by atoms with Gasteiger partial charge in [0.1, 0.15) is 5.54 Å². The van der Waals surface area contributed by atoms with Crippen molar-refractivity contribution in [2.75, 3.05) is 13.1 Å². The normalized spacial score (nSPS) is 25.4. The Morgan fingerprint density at radius 1 is 1.67 bits per heavy atom. The number of nitrogens with zero attached hydrogens (tertiary/aromatic N) is 2. The van der Waals surface area contributed by atoms with Gasteiger partial charge in [-0.25, -0.2) is 13.4 Å². The van der Waals surface area contributed by atoms with Crippen LogP contribution in [0, 0.1) is 6.92 Å². The van der Waals surface area contributed by atoms with E-state index in [1.165, 1.54) is 6.20 Å². The first-order valence-electron chi connectivity index (χ1n) is 5.20. The number of aliphatic carboxylic acids is 1. The fourth-order valence-corrected chi connectivity index (χ4v) is 4.54. The lowest BCUT2D eigenvalue weighted by atomic mass is 10.0. The molecule has 0 saturated carbocycles. The molecular formula is C9H13N3O4S2. The number of rotatable bonds is 3. The van der Waals surface area contributed by atoms with Crippen molar-refractivity contribution in [3.63, 3.8) is 0 Å². The van der Waals surface area contributed by atoms with Crippen LogP contribution in [0.2, 0.25) is 0 Å². The van der Waals surface area contributed by atoms with Gasteiger partial charge in [-0.05, 0) is 13.3 Å². The number of aromatic nitrogens is 1. The van der Waals surface area contributed by atoms with Crippen molar-refractivity contribution in [1.82, 2.24) is 9.29 Å². The van der Waals surface area contributed by atoms with Crippen LogP contribution < -0.4 is 5.73 Å². The Labute approximate surface area is 108 Å². The number of hydrogen-bond acceptors (Lipinski definition) is 6. The van der Waals surface area contributed by atoms with E-state index in [4.69, 9.17) is 10.8 Å². The number of aryl methyl sites for hydroxylation is 1. The Kier molecular flexibility index (Phi) is 3.18. The molecule has 1 saturated heterocycles. The minimum atomic E-state index is -3.68. The summed E-state index contributed by atoms with van der Waals surface area (Å²) in [4.78, 5) is 14.9. The maximum absolute atomic E-state index is 12.2. The molecule has 0 aromatic carbocycles. The van der Waals surface area contributed by atoms with Gasteiger partial charge in [-0.15, -0.1) is 11.3 Å². The zero-order chi connectivity index (χ0) is 13.6. The Hall–Kier alpha value is -1.03. The molecule has 0 bridgehead atoms. The zero-order valence-corrected chi connectivity index (χ0v) is 11.3. The smallest absolute Gasteiger partial charge is 0.325 e. The van der Waals surface area contributed by atoms with Crippen molar-refractivity contribution in [2.24, 2.45) is 5.73 Å². The summed E-state index contributed by atoms with van der Waals surface area (Å²) in [5.41, 5.74) is 4.16. The molecule has 0 radical (unpaired) electrons. The Bertz CT molecular complexity index is 582. The van der Waals surface area contributed by atoms with Crippen LogP contribution in [0.15, 0.2) is 10.4 Å². The van der Waals surface area contributed by atoms with E-state index >= 15 is 0 Å². The lowest BCUT2D eigenvalue weighted by Crippen LogP contribution is -2.50. The minimum Gasteiger partial charge on any atom is -0.480 e. The van der Waals surface area contributed by atoms with Crippen LogP contribution >= 0.6 is 11.3 Å². The first-order valence-corrected chi connectivity index (χ1v) is 7.46. The molecule has 1 aromatic heterocycles. The van der Waals surface area contributed by atoms with Crippen LogP contribution in [0.5, 0.6) is 0 Å². The van der Waals surface area contributed by atoms with Crippen molar-refractivity contribution >= 4 is 27.3 Å². The van der Waals surface area contributed by atoms with E-state index in [0.717, 1.165) is 15.6 Å². The first-order chi connectivity index (χ1) is 8.25. The maximum atomic E-state index is 12.2. The lowest BCUT2D eigenvalue weighted by Gasteiger charge is -2.19. The number of hydrogen-bond donors (Lipinski definition) is 2. The topological polar surface area (TPSA) is 114 Å². The van der Waals surface area contributed by atoms with Crippen LogP contribution in [0.1, 0.15) is 11.4 Å². The molecule has 100 valence electrons. The standard InChI is InChI=1S/C9H13N3O4S2/c1-6-11-4-7(17-6)18(15,16)12-3-2-9(10,5-12)8(13)14/h4H,2-3,5,10H2,1H3,(H,13,14). The third-order valence-electron chi connectivity index (χ3n) is 2.89. The van der Waals surface area contributed by atoms with Crippen LogP contribution in [-0.4, -0.2) is 47.4 Å². The van der Waals surface area contributed by atoms with Gasteiger partial charge in [0.05, 0.1) is 11.2 Å². The highest BCUT2D eigenvalue weighted by molar-refractivity contribution is 7.91. The van der Waals surface area contributed by atoms with E-state index in [1.54, 1.807) is 6.92 Å². The van der Waals surface area contributed by atoms with Crippen molar-refractivity contribution in [3.8, 4) is 0 Å². The summed E-state index contributed by atoms with van der Waals surface area (Å²) >= 11 is 1.06. The van der Waals surface area contributed by atoms with E-state index in [-0.39, 0.29) is 23.7 Å². The van der Waals surface area contributed by atoms with E-state index < -0.39 is 21.5 Å². The van der Waals surface area contributed by atoms with Crippen LogP contribution in [0.4, 0.5) is 0 Å². The SMILES string of the molecule is Cc1ncc(S(=O)(=O)N2CCC(N)(C(=O)O)C2)s1. The van der Waals surface area contributed by atoms with E-state index in [9.17, 15) is 13.2 Å². The second-order valence-corrected chi connectivity index (χ2v) is 7.65. The Morgan fingerprint density at radius 2 is 2.33 bits per heavy atom. The van der Waals surface area contributed by atoms with Gasteiger partial charge >= 0.3 is 5.97 Å². The van der Waals surface area contributed by atoms with Gasteiger partial charge < -0.3 is 10.8 Å². The van der Waals surface area contributed by atoms with Gasteiger partial charge in [-0.2, -0.15) is 4.31 Å². The molecular weight excluding hydrogens is 278 g/mol. The number of carbonyl (C=O) groups is 1. The van der Waals surface area contributed by atoms with E-state index in [0.29, 0.717) is 5.01 Å². The van der Waals surface area contributed by atoms with Gasteiger partial charge in [0.15, 0.2) is 4.21 Å². The average molecular weight is 291 g/mol. The first kappa shape index (κ1) is 13.4. The number of sulfonamides is 1. The molecule has 0 spiro atoms. The molecule has 0 aliphatic carbocycles. The van der Waals surface area contributed by atoms with Crippen molar-refractivity contribution in [3.05, 3.63) is 11.2 Å². The predicted molar refractivity (Wildman–Crippen MR) is 64.8 cm³/mol. The molecule has 3 N–H and O–H groups in total. The summed E-state index contributed by atoms with van der Waals surface area (Å²) in [7, 11) is -3.68. The van der Waals surface area contributed by atoms with E-state index in [1.807, 2.05) is 0 Å². The zero-order valence-electron chi connectivity index (χ0n) is 9.66. The molecule has 1 aromatic rings. The molecule has 1 atom stereocenters. The molecule has 1 unspecified atom stereocenters. The van der Waals surface area contributed by atoms with Gasteiger partial charge in [-0.3, -0.25) is 4.79 Å². The number of carboxylic acid groups (broad SMARTS) is 1. The van der Waals surface area contributed by atoms with Gasteiger partial charge in [0.25, 0.3) is 10.0 Å². The van der Waals surface area contributed by atoms with Crippen LogP contribution in [0.25, 0.3) is 0 Å². The van der Waals surface area contributed by atoms with Gasteiger partial charge in [0, 0.05) is 13.1 Å². The summed E-state index contributed by atoms with van der Waals surface area (Å²) in [5.74, 6) is -1.18. The monoisotopic (exact) mass is 291 g/mol. The lowest BCUT2D eigenvalue weighted by molar-refractivity contribution is -0.142. The fraction of sp³-hybridized carbons (Fsp3) is 0.556. The van der Waals surface area contributed by atoms with E-state index in [2.05, 4.69) is 4.98 Å². The quantitative estimate of drug-likeness (QED) is 0.785. The Balaban J connectivity index is 2.27. The van der Waals surface area contributed by atoms with Crippen molar-refractivity contribution in [2.45, 2.75) is 23.1 Å². The molecule has 2 rings (SSSR count). The average Bonchev–Trinajstić information content (AvgIpc) is 2.86. The third kappa shape index (κ3) is 2.14. The number of thiazole rings is 1. The van der Waals surface area contributed by atoms with Gasteiger partial charge in [-0.1, -0.05) is 0 Å². The maximum Gasteiger partial charge on any atom is 0.325 e. The highest BCUT2D eigenvalue weighted by Gasteiger charge is 2.46. The van der Waals surface area contributed by atoms with Crippen molar-refractivity contribution in [1.29, 1.82) is 0 Å². The van der Waals surface area contributed by atoms with Crippen LogP contribution in [-0.2, 0) is 14.8 Å². The molecule has 9 heteroatoms. The second kappa shape index (κ2) is 4.26. The largest absolute Gasteiger partial charge is 0.480 e. The van der Waals surface area contributed by atoms with Crippen LogP contribution in [0.3, 0.4) is 0 Å². The molecule has 2 heterocycles. The molecule has 1 fully saturated rings. The summed E-state index contributed by atoms with van der Waals surface area (Å²) in [6.45, 7) is 1.61. The molecule has 18 heavy (non-hydrogen) atoms. The second-order valence-electron chi connectivity index (χ2n) is 4.25.